The van der Waals surface area contributed by atoms with Crippen LogP contribution in [-0.4, -0.2) is 29.4 Å². The van der Waals surface area contributed by atoms with E-state index in [0.717, 1.165) is 18.3 Å². The molecule has 1 aromatic heterocycles. The second kappa shape index (κ2) is 5.29. The summed E-state index contributed by atoms with van der Waals surface area (Å²) in [6, 6.07) is 3.88. The molecule has 2 fully saturated rings. The maximum absolute atomic E-state index is 6.07. The number of pyridine rings is 1. The van der Waals surface area contributed by atoms with Gasteiger partial charge in [0, 0.05) is 12.3 Å². The molecule has 0 N–H and O–H groups in total. The minimum atomic E-state index is -0.357. The van der Waals surface area contributed by atoms with Crippen molar-refractivity contribution < 1.29 is 14.0 Å². The summed E-state index contributed by atoms with van der Waals surface area (Å²) in [4.78, 5) is 4.31. The molecule has 0 bridgehead atoms. The molecule has 0 spiro atoms. The van der Waals surface area contributed by atoms with Crippen molar-refractivity contribution in [3.8, 4) is 5.88 Å². The Morgan fingerprint density at radius 1 is 1.14 bits per heavy atom. The second-order valence-electron chi connectivity index (χ2n) is 7.04. The number of hydrogen-bond acceptors (Lipinski definition) is 4. The molecular formula is C16H24BNO3. The van der Waals surface area contributed by atoms with Crippen LogP contribution < -0.4 is 10.2 Å². The quantitative estimate of drug-likeness (QED) is 0.802. The summed E-state index contributed by atoms with van der Waals surface area (Å²) >= 11 is 0. The molecule has 2 aliphatic rings. The lowest BCUT2D eigenvalue weighted by molar-refractivity contribution is 0.00578. The van der Waals surface area contributed by atoms with Gasteiger partial charge in [0.15, 0.2) is 0 Å². The fourth-order valence-electron chi connectivity index (χ4n) is 2.79. The van der Waals surface area contributed by atoms with E-state index in [-0.39, 0.29) is 18.3 Å². The Kier molecular flexibility index (Phi) is 3.74. The Labute approximate surface area is 127 Å². The highest BCUT2D eigenvalue weighted by Gasteiger charge is 2.51. The normalized spacial score (nSPS) is 24.5. The minimum Gasteiger partial charge on any atom is -0.474 e. The summed E-state index contributed by atoms with van der Waals surface area (Å²) in [6.07, 6.45) is 6.84. The summed E-state index contributed by atoms with van der Waals surface area (Å²) in [6.45, 7) is 8.24. The molecule has 3 rings (SSSR count). The van der Waals surface area contributed by atoms with E-state index in [0.29, 0.717) is 12.0 Å². The van der Waals surface area contributed by atoms with Gasteiger partial charge in [-0.25, -0.2) is 4.98 Å². The molecule has 1 aromatic rings. The zero-order chi connectivity index (χ0) is 15.1. The summed E-state index contributed by atoms with van der Waals surface area (Å²) < 4.78 is 18.1. The van der Waals surface area contributed by atoms with Crippen molar-refractivity contribution in [1.29, 1.82) is 0 Å². The first-order valence-corrected chi connectivity index (χ1v) is 7.86. The monoisotopic (exact) mass is 289 g/mol. The van der Waals surface area contributed by atoms with Crippen molar-refractivity contribution >= 4 is 12.6 Å². The van der Waals surface area contributed by atoms with Crippen molar-refractivity contribution in [1.82, 2.24) is 4.98 Å². The first kappa shape index (κ1) is 14.9. The second-order valence-corrected chi connectivity index (χ2v) is 7.04. The van der Waals surface area contributed by atoms with E-state index in [1.807, 2.05) is 12.1 Å². The lowest BCUT2D eigenvalue weighted by Crippen LogP contribution is -2.41. The zero-order valence-corrected chi connectivity index (χ0v) is 13.4. The Morgan fingerprint density at radius 2 is 1.76 bits per heavy atom. The van der Waals surface area contributed by atoms with Gasteiger partial charge in [-0.1, -0.05) is 0 Å². The SMILES string of the molecule is CC1(C)OB(c2ccnc(OC3CCCC3)c2)OC1(C)C. The Balaban J connectivity index is 1.74. The molecule has 114 valence electrons. The number of aromatic nitrogens is 1. The molecule has 21 heavy (non-hydrogen) atoms. The van der Waals surface area contributed by atoms with Crippen molar-refractivity contribution in [2.45, 2.75) is 70.7 Å². The van der Waals surface area contributed by atoms with E-state index in [2.05, 4.69) is 32.7 Å². The van der Waals surface area contributed by atoms with E-state index in [9.17, 15) is 0 Å². The molecule has 1 saturated heterocycles. The van der Waals surface area contributed by atoms with Crippen LogP contribution in [-0.2, 0) is 9.31 Å². The van der Waals surface area contributed by atoms with E-state index < -0.39 is 0 Å². The van der Waals surface area contributed by atoms with Crippen molar-refractivity contribution in [3.63, 3.8) is 0 Å². The summed E-state index contributed by atoms with van der Waals surface area (Å²) in [7, 11) is -0.357. The van der Waals surface area contributed by atoms with Gasteiger partial charge in [-0.3, -0.25) is 0 Å². The van der Waals surface area contributed by atoms with E-state index >= 15 is 0 Å². The third-order valence-electron chi connectivity index (χ3n) is 4.87. The van der Waals surface area contributed by atoms with Crippen LogP contribution in [0.2, 0.25) is 0 Å². The van der Waals surface area contributed by atoms with Crippen LogP contribution in [0.25, 0.3) is 0 Å². The predicted molar refractivity (Wildman–Crippen MR) is 82.8 cm³/mol. The number of rotatable bonds is 3. The van der Waals surface area contributed by atoms with E-state index in [1.165, 1.54) is 12.8 Å². The van der Waals surface area contributed by atoms with Gasteiger partial charge in [-0.05, 0) is 64.9 Å². The largest absolute Gasteiger partial charge is 0.495 e. The molecule has 5 heteroatoms. The van der Waals surface area contributed by atoms with Gasteiger partial charge in [0.1, 0.15) is 6.10 Å². The first-order valence-electron chi connectivity index (χ1n) is 7.86. The molecule has 1 saturated carbocycles. The minimum absolute atomic E-state index is 0.311. The standard InChI is InChI=1S/C16H24BNO3/c1-15(2)16(3,4)21-17(20-15)12-9-10-18-14(11-12)19-13-7-5-6-8-13/h9-11,13H,5-8H2,1-4H3. The molecule has 0 atom stereocenters. The smallest absolute Gasteiger partial charge is 0.474 e. The summed E-state index contributed by atoms with van der Waals surface area (Å²) in [5.41, 5.74) is 0.317. The van der Waals surface area contributed by atoms with Crippen LogP contribution in [0.3, 0.4) is 0 Å². The molecule has 0 aromatic carbocycles. The molecule has 2 heterocycles. The van der Waals surface area contributed by atoms with Gasteiger partial charge in [0.05, 0.1) is 11.2 Å². The number of hydrogen-bond donors (Lipinski definition) is 0. The maximum Gasteiger partial charge on any atom is 0.495 e. The molecule has 1 aliphatic carbocycles. The fraction of sp³-hybridized carbons (Fsp3) is 0.688. The van der Waals surface area contributed by atoms with Gasteiger partial charge >= 0.3 is 7.12 Å². The van der Waals surface area contributed by atoms with Gasteiger partial charge in [-0.15, -0.1) is 0 Å². The third kappa shape index (κ3) is 2.95. The van der Waals surface area contributed by atoms with Crippen LogP contribution in [0.4, 0.5) is 0 Å². The lowest BCUT2D eigenvalue weighted by Gasteiger charge is -2.32. The van der Waals surface area contributed by atoms with Crippen LogP contribution in [0.1, 0.15) is 53.4 Å². The van der Waals surface area contributed by atoms with Crippen molar-refractivity contribution in [2.75, 3.05) is 0 Å². The average Bonchev–Trinajstić information content (AvgIpc) is 2.97. The van der Waals surface area contributed by atoms with Crippen LogP contribution in [0.5, 0.6) is 5.88 Å². The Bertz CT molecular complexity index is 496. The van der Waals surface area contributed by atoms with Crippen LogP contribution in [0.15, 0.2) is 18.3 Å². The number of ether oxygens (including phenoxy) is 1. The highest BCUT2D eigenvalue weighted by Crippen LogP contribution is 2.36. The van der Waals surface area contributed by atoms with Crippen LogP contribution in [0, 0.1) is 0 Å². The molecule has 1 aliphatic heterocycles. The van der Waals surface area contributed by atoms with Gasteiger partial charge in [-0.2, -0.15) is 0 Å². The van der Waals surface area contributed by atoms with Gasteiger partial charge in [0.2, 0.25) is 5.88 Å². The van der Waals surface area contributed by atoms with E-state index in [1.54, 1.807) is 6.20 Å². The first-order chi connectivity index (χ1) is 9.87. The van der Waals surface area contributed by atoms with Crippen molar-refractivity contribution in [3.05, 3.63) is 18.3 Å². The molecule has 4 nitrogen and oxygen atoms in total. The topological polar surface area (TPSA) is 40.6 Å². The summed E-state index contributed by atoms with van der Waals surface area (Å²) in [5, 5.41) is 0. The zero-order valence-electron chi connectivity index (χ0n) is 13.4. The molecule has 0 radical (unpaired) electrons. The Morgan fingerprint density at radius 3 is 2.38 bits per heavy atom. The van der Waals surface area contributed by atoms with E-state index in [4.69, 9.17) is 14.0 Å². The highest BCUT2D eigenvalue weighted by molar-refractivity contribution is 6.62. The molecule has 0 amide bonds. The van der Waals surface area contributed by atoms with Crippen molar-refractivity contribution in [2.24, 2.45) is 0 Å². The van der Waals surface area contributed by atoms with Gasteiger partial charge < -0.3 is 14.0 Å². The molecule has 0 unspecified atom stereocenters. The highest BCUT2D eigenvalue weighted by atomic mass is 16.7. The summed E-state index contributed by atoms with van der Waals surface area (Å²) in [5.74, 6) is 0.675. The fourth-order valence-corrected chi connectivity index (χ4v) is 2.79. The number of nitrogens with zero attached hydrogens (tertiary/aromatic N) is 1. The average molecular weight is 289 g/mol. The predicted octanol–water partition coefficient (Wildman–Crippen LogP) is 2.70. The third-order valence-corrected chi connectivity index (χ3v) is 4.87. The lowest BCUT2D eigenvalue weighted by atomic mass is 9.80. The van der Waals surface area contributed by atoms with Crippen LogP contribution >= 0.6 is 0 Å². The van der Waals surface area contributed by atoms with Gasteiger partial charge in [0.25, 0.3) is 0 Å². The Hall–Kier alpha value is -1.07. The molecular weight excluding hydrogens is 265 g/mol. The maximum atomic E-state index is 6.07.